The molecule has 0 aliphatic carbocycles. The van der Waals surface area contributed by atoms with Gasteiger partial charge in [0.2, 0.25) is 5.91 Å². The van der Waals surface area contributed by atoms with Crippen molar-refractivity contribution in [1.29, 1.82) is 0 Å². The molecule has 0 spiro atoms. The number of aryl methyl sites for hydroxylation is 1. The largest absolute Gasteiger partial charge is 0.467 e. The predicted molar refractivity (Wildman–Crippen MR) is 147 cm³/mol. The number of non-ortho nitro benzene ring substituents is 1. The molecule has 0 fully saturated rings. The number of nitrogens with one attached hydrogen (secondary N) is 1. The van der Waals surface area contributed by atoms with E-state index in [-0.39, 0.29) is 24.6 Å². The van der Waals surface area contributed by atoms with Gasteiger partial charge >= 0.3 is 6.18 Å². The highest BCUT2D eigenvalue weighted by Gasteiger charge is 2.31. The Kier molecular flexibility index (Phi) is 7.65. The van der Waals surface area contributed by atoms with Crippen molar-refractivity contribution in [1.82, 2.24) is 9.88 Å². The van der Waals surface area contributed by atoms with Gasteiger partial charge in [0.15, 0.2) is 0 Å². The molecule has 0 bridgehead atoms. The van der Waals surface area contributed by atoms with Crippen LogP contribution < -0.4 is 5.32 Å². The molecule has 5 rings (SSSR count). The van der Waals surface area contributed by atoms with Gasteiger partial charge in [-0.2, -0.15) is 13.2 Å². The number of amides is 1. The van der Waals surface area contributed by atoms with E-state index in [1.807, 2.05) is 42.0 Å². The minimum Gasteiger partial charge on any atom is -0.467 e. The lowest BCUT2D eigenvalue weighted by atomic mass is 9.87. The zero-order valence-corrected chi connectivity index (χ0v) is 22.0. The molecule has 0 saturated carbocycles. The summed E-state index contributed by atoms with van der Waals surface area (Å²) in [5, 5.41) is 15.0. The highest BCUT2D eigenvalue weighted by molar-refractivity contribution is 5.88. The Morgan fingerprint density at radius 2 is 1.78 bits per heavy atom. The Morgan fingerprint density at radius 1 is 1.05 bits per heavy atom. The third kappa shape index (κ3) is 6.32. The predicted octanol–water partition coefficient (Wildman–Crippen LogP) is 7.36. The minimum atomic E-state index is -4.51. The van der Waals surface area contributed by atoms with Gasteiger partial charge in [-0.3, -0.25) is 14.9 Å². The van der Waals surface area contributed by atoms with Gasteiger partial charge in [0.25, 0.3) is 5.69 Å². The number of rotatable bonds is 9. The van der Waals surface area contributed by atoms with Gasteiger partial charge in [-0.1, -0.05) is 42.0 Å². The Hall–Kier alpha value is -4.86. The van der Waals surface area contributed by atoms with Crippen molar-refractivity contribution in [2.24, 2.45) is 0 Å². The third-order valence-corrected chi connectivity index (χ3v) is 7.03. The molecule has 2 aromatic heterocycles. The molecule has 0 saturated heterocycles. The maximum Gasteiger partial charge on any atom is 0.416 e. The van der Waals surface area contributed by atoms with Crippen LogP contribution >= 0.6 is 0 Å². The molecule has 10 heteroatoms. The zero-order valence-electron chi connectivity index (χ0n) is 22.0. The third-order valence-electron chi connectivity index (χ3n) is 7.03. The van der Waals surface area contributed by atoms with Crippen LogP contribution in [0.3, 0.4) is 0 Å². The summed E-state index contributed by atoms with van der Waals surface area (Å²) < 4.78 is 47.2. The van der Waals surface area contributed by atoms with Crippen LogP contribution in [0.4, 0.5) is 18.9 Å². The molecule has 0 aliphatic heterocycles. The number of nitro benzene ring substituents is 1. The van der Waals surface area contributed by atoms with E-state index >= 15 is 0 Å². The maximum absolute atomic E-state index is 13.3. The molecule has 7 nitrogen and oxygen atoms in total. The second-order valence-corrected chi connectivity index (χ2v) is 9.89. The zero-order chi connectivity index (χ0) is 29.1. The fourth-order valence-electron chi connectivity index (χ4n) is 4.89. The van der Waals surface area contributed by atoms with Crippen LogP contribution in [0.5, 0.6) is 0 Å². The Balaban J connectivity index is 1.59. The molecule has 0 unspecified atom stereocenters. The van der Waals surface area contributed by atoms with E-state index in [0.29, 0.717) is 34.3 Å². The fourth-order valence-corrected chi connectivity index (χ4v) is 4.89. The van der Waals surface area contributed by atoms with Crippen molar-refractivity contribution < 1.29 is 27.3 Å². The van der Waals surface area contributed by atoms with Crippen molar-refractivity contribution >= 4 is 22.5 Å². The quantitative estimate of drug-likeness (QED) is 0.150. The van der Waals surface area contributed by atoms with Crippen LogP contribution in [-0.2, 0) is 24.1 Å². The number of furan rings is 1. The second-order valence-electron chi connectivity index (χ2n) is 9.89. The Bertz CT molecular complexity index is 1670. The van der Waals surface area contributed by atoms with E-state index < -0.39 is 22.6 Å². The summed E-state index contributed by atoms with van der Waals surface area (Å²) in [6, 6.07) is 20.6. The number of nitro groups is 1. The maximum atomic E-state index is 13.3. The summed E-state index contributed by atoms with van der Waals surface area (Å²) in [4.78, 5) is 24.3. The van der Waals surface area contributed by atoms with Gasteiger partial charge < -0.3 is 14.3 Å². The lowest BCUT2D eigenvalue weighted by Gasteiger charge is -2.18. The number of fused-ring (bicyclic) bond motifs is 1. The first-order valence-electron chi connectivity index (χ1n) is 12.9. The van der Waals surface area contributed by atoms with Crippen LogP contribution in [0.25, 0.3) is 10.9 Å². The van der Waals surface area contributed by atoms with Crippen molar-refractivity contribution in [3.63, 3.8) is 0 Å². The number of hydrogen-bond donors (Lipinski definition) is 1. The number of hydrogen-bond acceptors (Lipinski definition) is 4. The van der Waals surface area contributed by atoms with Gasteiger partial charge in [-0.15, -0.1) is 0 Å². The molecule has 1 atom stereocenters. The molecule has 41 heavy (non-hydrogen) atoms. The summed E-state index contributed by atoms with van der Waals surface area (Å²) >= 11 is 0. The molecule has 0 aliphatic rings. The van der Waals surface area contributed by atoms with Gasteiger partial charge in [0.1, 0.15) is 5.76 Å². The molecular weight excluding hydrogens is 535 g/mol. The van der Waals surface area contributed by atoms with Crippen molar-refractivity contribution in [3.8, 4) is 0 Å². The van der Waals surface area contributed by atoms with Gasteiger partial charge in [-0.25, -0.2) is 0 Å². The average molecular weight is 562 g/mol. The van der Waals surface area contributed by atoms with E-state index in [1.165, 1.54) is 30.5 Å². The lowest BCUT2D eigenvalue weighted by molar-refractivity contribution is -0.384. The van der Waals surface area contributed by atoms with Crippen molar-refractivity contribution in [3.05, 3.63) is 135 Å². The molecule has 210 valence electrons. The topological polar surface area (TPSA) is 90.3 Å². The van der Waals surface area contributed by atoms with Gasteiger partial charge in [0.05, 0.1) is 23.3 Å². The van der Waals surface area contributed by atoms with E-state index in [2.05, 4.69) is 5.32 Å². The normalized spacial score (nSPS) is 12.4. The van der Waals surface area contributed by atoms with Crippen LogP contribution in [-0.4, -0.2) is 15.4 Å². The monoisotopic (exact) mass is 561 g/mol. The van der Waals surface area contributed by atoms with E-state index in [9.17, 15) is 28.1 Å². The average Bonchev–Trinajstić information content (AvgIpc) is 3.59. The number of aromatic nitrogens is 1. The first-order chi connectivity index (χ1) is 19.6. The highest BCUT2D eigenvalue weighted by atomic mass is 19.4. The Labute approximate surface area is 233 Å². The summed E-state index contributed by atoms with van der Waals surface area (Å²) in [6.45, 7) is 2.59. The number of halogens is 3. The van der Waals surface area contributed by atoms with Crippen molar-refractivity contribution in [2.75, 3.05) is 0 Å². The molecule has 3 aromatic carbocycles. The molecule has 0 radical (unpaired) electrons. The lowest BCUT2D eigenvalue weighted by Crippen LogP contribution is -2.24. The van der Waals surface area contributed by atoms with Crippen molar-refractivity contribution in [2.45, 2.75) is 38.5 Å². The Morgan fingerprint density at radius 3 is 2.41 bits per heavy atom. The molecular formula is C31H26F3N3O4. The number of nitrogens with zero attached hydrogens (tertiary/aromatic N) is 2. The number of carbonyl (C=O) groups excluding carboxylic acids is 1. The van der Waals surface area contributed by atoms with Crippen LogP contribution in [0.15, 0.2) is 95.7 Å². The SMILES string of the molecule is Cc1ccc(Cn2cc([C@@H](CC(=O)NCc3ccco3)c3ccc(C(F)(F)F)cc3)c3cc([N+](=O)[O-])ccc32)cc1. The summed E-state index contributed by atoms with van der Waals surface area (Å²) in [5.41, 5.74) is 2.96. The van der Waals surface area contributed by atoms with Gasteiger partial charge in [-0.05, 0) is 53.9 Å². The standard InChI is InChI=1S/C31H26F3N3O4/c1-20-4-6-21(7-5-20)18-36-19-28(27-15-24(37(39)40)12-13-29(27)36)26(16-30(38)35-17-25-3-2-14-41-25)22-8-10-23(11-9-22)31(32,33)34/h2-15,19,26H,16-18H2,1H3,(H,35,38)/t26-/m0/s1. The first-order valence-corrected chi connectivity index (χ1v) is 12.9. The summed E-state index contributed by atoms with van der Waals surface area (Å²) in [6.07, 6.45) is -1.30. The molecule has 2 heterocycles. The fraction of sp³-hybridized carbons (Fsp3) is 0.194. The highest BCUT2D eigenvalue weighted by Crippen LogP contribution is 2.38. The smallest absolute Gasteiger partial charge is 0.416 e. The van der Waals surface area contributed by atoms with Crippen LogP contribution in [0.1, 0.15) is 45.9 Å². The summed E-state index contributed by atoms with van der Waals surface area (Å²) in [7, 11) is 0. The number of alkyl halides is 3. The first kappa shape index (κ1) is 27.7. The molecule has 5 aromatic rings. The number of benzene rings is 3. The van der Waals surface area contributed by atoms with E-state index in [1.54, 1.807) is 18.2 Å². The van der Waals surface area contributed by atoms with Gasteiger partial charge in [0, 0.05) is 48.1 Å². The minimum absolute atomic E-state index is 0.0988. The van der Waals surface area contributed by atoms with E-state index in [0.717, 1.165) is 23.3 Å². The van der Waals surface area contributed by atoms with E-state index in [4.69, 9.17) is 4.42 Å². The second kappa shape index (κ2) is 11.3. The molecule has 1 N–H and O–H groups in total. The van der Waals surface area contributed by atoms with Crippen LogP contribution in [0.2, 0.25) is 0 Å². The number of carbonyl (C=O) groups is 1. The molecule has 1 amide bonds. The van der Waals surface area contributed by atoms with Crippen LogP contribution in [0, 0.1) is 17.0 Å². The summed E-state index contributed by atoms with van der Waals surface area (Å²) in [5.74, 6) is -0.483.